The fraction of sp³-hybridized carbons (Fsp3) is 0.471. The van der Waals surface area contributed by atoms with Gasteiger partial charge in [0.2, 0.25) is 0 Å². The van der Waals surface area contributed by atoms with E-state index in [9.17, 15) is 0 Å². The Kier molecular flexibility index (Phi) is 4.94. The summed E-state index contributed by atoms with van der Waals surface area (Å²) >= 11 is 5.79. The molecule has 1 saturated carbocycles. The molecule has 1 aromatic heterocycles. The lowest BCUT2D eigenvalue weighted by molar-refractivity contribution is 0.461. The molecule has 3 nitrogen and oxygen atoms in total. The maximum absolute atomic E-state index is 5.79. The van der Waals surface area contributed by atoms with E-state index in [1.165, 1.54) is 31.2 Å². The van der Waals surface area contributed by atoms with Gasteiger partial charge in [-0.2, -0.15) is 5.10 Å². The number of hydrogen-bond acceptors (Lipinski definition) is 2. The Balaban J connectivity index is 1.48. The standard InChI is InChI=1S/C17H22ClN3/c18-11-14-5-7-15(8-6-14)12-19-13-16-9-10-21(20-16)17-3-1-2-4-17/h5-10,17,19H,1-4,11-13H2. The molecule has 4 heteroatoms. The van der Waals surface area contributed by atoms with Gasteiger partial charge in [0.25, 0.3) is 0 Å². The summed E-state index contributed by atoms with van der Waals surface area (Å²) < 4.78 is 2.15. The second-order valence-corrected chi connectivity index (χ2v) is 6.05. The van der Waals surface area contributed by atoms with Crippen LogP contribution >= 0.6 is 11.6 Å². The zero-order chi connectivity index (χ0) is 14.5. The smallest absolute Gasteiger partial charge is 0.0762 e. The lowest BCUT2D eigenvalue weighted by Crippen LogP contribution is -2.14. The van der Waals surface area contributed by atoms with Crippen LogP contribution in [0.15, 0.2) is 36.5 Å². The van der Waals surface area contributed by atoms with Crippen LogP contribution in [0.25, 0.3) is 0 Å². The van der Waals surface area contributed by atoms with Gasteiger partial charge >= 0.3 is 0 Å². The van der Waals surface area contributed by atoms with E-state index in [0.29, 0.717) is 11.9 Å². The Morgan fingerprint density at radius 3 is 2.48 bits per heavy atom. The van der Waals surface area contributed by atoms with E-state index in [4.69, 9.17) is 11.6 Å². The molecule has 1 fully saturated rings. The highest BCUT2D eigenvalue weighted by Gasteiger charge is 2.17. The molecule has 0 amide bonds. The Morgan fingerprint density at radius 2 is 1.76 bits per heavy atom. The van der Waals surface area contributed by atoms with Gasteiger partial charge < -0.3 is 5.32 Å². The largest absolute Gasteiger partial charge is 0.307 e. The maximum Gasteiger partial charge on any atom is 0.0762 e. The molecule has 0 radical (unpaired) electrons. The summed E-state index contributed by atoms with van der Waals surface area (Å²) in [5.74, 6) is 0.576. The first kappa shape index (κ1) is 14.6. The quantitative estimate of drug-likeness (QED) is 0.817. The average Bonchev–Trinajstić information content (AvgIpc) is 3.19. The van der Waals surface area contributed by atoms with Crippen LogP contribution in [0.5, 0.6) is 0 Å². The molecular weight excluding hydrogens is 282 g/mol. The van der Waals surface area contributed by atoms with Crippen LogP contribution in [0, 0.1) is 0 Å². The SMILES string of the molecule is ClCc1ccc(CNCc2ccn(C3CCCC3)n2)cc1. The van der Waals surface area contributed by atoms with Gasteiger partial charge in [0.1, 0.15) is 0 Å². The Hall–Kier alpha value is -1.32. The number of halogens is 1. The van der Waals surface area contributed by atoms with Crippen molar-refractivity contribution in [3.8, 4) is 0 Å². The van der Waals surface area contributed by atoms with Crippen LogP contribution in [0.2, 0.25) is 0 Å². The van der Waals surface area contributed by atoms with Gasteiger partial charge in [-0.1, -0.05) is 37.1 Å². The monoisotopic (exact) mass is 303 g/mol. The summed E-state index contributed by atoms with van der Waals surface area (Å²) in [7, 11) is 0. The van der Waals surface area contributed by atoms with Crippen LogP contribution in [-0.4, -0.2) is 9.78 Å². The van der Waals surface area contributed by atoms with Crippen molar-refractivity contribution in [2.75, 3.05) is 0 Å². The number of rotatable bonds is 6. The number of nitrogens with zero attached hydrogens (tertiary/aromatic N) is 2. The molecule has 112 valence electrons. The van der Waals surface area contributed by atoms with Crippen LogP contribution in [0.1, 0.15) is 48.5 Å². The molecule has 21 heavy (non-hydrogen) atoms. The second-order valence-electron chi connectivity index (χ2n) is 5.78. The summed E-state index contributed by atoms with van der Waals surface area (Å²) in [4.78, 5) is 0. The molecule has 1 aromatic carbocycles. The minimum Gasteiger partial charge on any atom is -0.307 e. The van der Waals surface area contributed by atoms with E-state index in [-0.39, 0.29) is 0 Å². The Bertz CT molecular complexity index is 556. The van der Waals surface area contributed by atoms with Crippen LogP contribution in [-0.2, 0) is 19.0 Å². The third kappa shape index (κ3) is 3.86. The normalized spacial score (nSPS) is 15.7. The number of hydrogen-bond donors (Lipinski definition) is 1. The summed E-state index contributed by atoms with van der Waals surface area (Å²) in [6, 6.07) is 11.2. The second kappa shape index (κ2) is 7.10. The number of nitrogens with one attached hydrogen (secondary N) is 1. The first-order chi connectivity index (χ1) is 10.3. The van der Waals surface area contributed by atoms with Crippen molar-refractivity contribution in [2.24, 2.45) is 0 Å². The van der Waals surface area contributed by atoms with E-state index in [2.05, 4.69) is 51.6 Å². The van der Waals surface area contributed by atoms with E-state index in [1.54, 1.807) is 0 Å². The first-order valence-corrected chi connectivity index (χ1v) is 8.27. The van der Waals surface area contributed by atoms with Crippen molar-refractivity contribution in [2.45, 2.75) is 50.7 Å². The summed E-state index contributed by atoms with van der Waals surface area (Å²) in [6.07, 6.45) is 7.37. The first-order valence-electron chi connectivity index (χ1n) is 7.73. The van der Waals surface area contributed by atoms with Crippen LogP contribution in [0.3, 0.4) is 0 Å². The van der Waals surface area contributed by atoms with Crippen LogP contribution < -0.4 is 5.32 Å². The minimum atomic E-state index is 0.576. The average molecular weight is 304 g/mol. The topological polar surface area (TPSA) is 29.9 Å². The molecule has 0 unspecified atom stereocenters. The molecule has 0 aliphatic heterocycles. The van der Waals surface area contributed by atoms with Gasteiger partial charge in [-0.15, -0.1) is 11.6 Å². The summed E-state index contributed by atoms with van der Waals surface area (Å²) in [5, 5.41) is 8.14. The molecular formula is C17H22ClN3. The highest BCUT2D eigenvalue weighted by molar-refractivity contribution is 6.17. The van der Waals surface area contributed by atoms with Crippen molar-refractivity contribution in [3.63, 3.8) is 0 Å². The number of alkyl halides is 1. The molecule has 1 aliphatic rings. The predicted octanol–water partition coefficient (Wildman–Crippen LogP) is 4.03. The molecule has 0 atom stereocenters. The molecule has 0 spiro atoms. The maximum atomic E-state index is 5.79. The minimum absolute atomic E-state index is 0.576. The predicted molar refractivity (Wildman–Crippen MR) is 86.3 cm³/mol. The molecule has 3 rings (SSSR count). The van der Waals surface area contributed by atoms with Crippen molar-refractivity contribution in [3.05, 3.63) is 53.3 Å². The fourth-order valence-electron chi connectivity index (χ4n) is 2.92. The van der Waals surface area contributed by atoms with Crippen molar-refractivity contribution < 1.29 is 0 Å². The third-order valence-corrected chi connectivity index (χ3v) is 4.48. The van der Waals surface area contributed by atoms with Gasteiger partial charge in [-0.3, -0.25) is 4.68 Å². The molecule has 1 aliphatic carbocycles. The highest BCUT2D eigenvalue weighted by atomic mass is 35.5. The van der Waals surface area contributed by atoms with Crippen molar-refractivity contribution in [1.29, 1.82) is 0 Å². The molecule has 0 saturated heterocycles. The van der Waals surface area contributed by atoms with Gasteiger partial charge in [0, 0.05) is 25.2 Å². The highest BCUT2D eigenvalue weighted by Crippen LogP contribution is 2.28. The van der Waals surface area contributed by atoms with Gasteiger partial charge in [-0.25, -0.2) is 0 Å². The molecule has 0 bridgehead atoms. The van der Waals surface area contributed by atoms with Gasteiger partial charge in [-0.05, 0) is 30.0 Å². The van der Waals surface area contributed by atoms with Crippen LogP contribution in [0.4, 0.5) is 0 Å². The van der Waals surface area contributed by atoms with Crippen molar-refractivity contribution >= 4 is 11.6 Å². The van der Waals surface area contributed by atoms with E-state index >= 15 is 0 Å². The lowest BCUT2D eigenvalue weighted by Gasteiger charge is -2.09. The molecule has 1 heterocycles. The van der Waals surface area contributed by atoms with Crippen molar-refractivity contribution in [1.82, 2.24) is 15.1 Å². The summed E-state index contributed by atoms with van der Waals surface area (Å²) in [6.45, 7) is 1.68. The van der Waals surface area contributed by atoms with E-state index in [1.807, 2.05) is 0 Å². The Labute approximate surface area is 131 Å². The van der Waals surface area contributed by atoms with E-state index < -0.39 is 0 Å². The lowest BCUT2D eigenvalue weighted by atomic mass is 10.1. The van der Waals surface area contributed by atoms with E-state index in [0.717, 1.165) is 24.3 Å². The zero-order valence-electron chi connectivity index (χ0n) is 12.3. The number of aromatic nitrogens is 2. The number of benzene rings is 1. The Morgan fingerprint density at radius 1 is 1.05 bits per heavy atom. The van der Waals surface area contributed by atoms with Gasteiger partial charge in [0.05, 0.1) is 11.7 Å². The molecule has 2 aromatic rings. The third-order valence-electron chi connectivity index (χ3n) is 4.17. The van der Waals surface area contributed by atoms with Gasteiger partial charge in [0.15, 0.2) is 0 Å². The zero-order valence-corrected chi connectivity index (χ0v) is 13.0. The molecule has 1 N–H and O–H groups in total. The fourth-order valence-corrected chi connectivity index (χ4v) is 3.10. The summed E-state index contributed by atoms with van der Waals surface area (Å²) in [5.41, 5.74) is 3.56.